The summed E-state index contributed by atoms with van der Waals surface area (Å²) in [7, 11) is 0. The zero-order valence-corrected chi connectivity index (χ0v) is 8.27. The molecule has 0 aromatic heterocycles. The Labute approximate surface area is 93.5 Å². The molecule has 0 bridgehead atoms. The van der Waals surface area contributed by atoms with Gasteiger partial charge in [-0.1, -0.05) is 0 Å². The molecule has 4 nitrogen and oxygen atoms in total. The molecule has 0 aliphatic carbocycles. The molecule has 0 N–H and O–H groups in total. The van der Waals surface area contributed by atoms with Crippen molar-refractivity contribution in [3.8, 4) is 0 Å². The maximum absolute atomic E-state index is 11.8. The number of rotatable bonds is 3. The molecule has 1 rings (SSSR count). The van der Waals surface area contributed by atoms with Crippen molar-refractivity contribution < 1.29 is 22.9 Å². The van der Waals surface area contributed by atoms with Gasteiger partial charge in [0.2, 0.25) is 0 Å². The molecule has 0 aliphatic rings. The minimum Gasteiger partial charge on any atom is -0.289 e. The summed E-state index contributed by atoms with van der Waals surface area (Å²) in [5.74, 6) is -0.864. The molecule has 0 fully saturated rings. The lowest BCUT2D eigenvalue weighted by Crippen LogP contribution is -2.03. The Morgan fingerprint density at radius 3 is 2.18 bits per heavy atom. The Morgan fingerprint density at radius 1 is 1.24 bits per heavy atom. The van der Waals surface area contributed by atoms with Gasteiger partial charge in [0.05, 0.1) is 4.92 Å². The Bertz CT molecular complexity index is 463. The number of alkyl halides is 3. The summed E-state index contributed by atoms with van der Waals surface area (Å²) in [6.07, 6.45) is -4.37. The summed E-state index contributed by atoms with van der Waals surface area (Å²) in [6.45, 7) is 0. The van der Waals surface area contributed by atoms with E-state index in [0.29, 0.717) is 6.08 Å². The molecule has 0 unspecified atom stereocenters. The van der Waals surface area contributed by atoms with E-state index in [0.717, 1.165) is 24.3 Å². The fourth-order valence-corrected chi connectivity index (χ4v) is 1.01. The summed E-state index contributed by atoms with van der Waals surface area (Å²) >= 11 is 0. The molecule has 1 aromatic rings. The number of carbonyl (C=O) groups excluding carboxylic acids is 1. The zero-order chi connectivity index (χ0) is 13.1. The van der Waals surface area contributed by atoms with Crippen LogP contribution in [-0.4, -0.2) is 16.9 Å². The van der Waals surface area contributed by atoms with Gasteiger partial charge in [-0.15, -0.1) is 0 Å². The van der Waals surface area contributed by atoms with Gasteiger partial charge < -0.3 is 0 Å². The summed E-state index contributed by atoms with van der Waals surface area (Å²) in [5.41, 5.74) is -0.280. The number of nitrogens with zero attached hydrogens (tertiary/aromatic N) is 1. The third-order valence-corrected chi connectivity index (χ3v) is 1.79. The van der Waals surface area contributed by atoms with E-state index in [2.05, 4.69) is 0 Å². The van der Waals surface area contributed by atoms with E-state index in [-0.39, 0.29) is 17.3 Å². The maximum Gasteiger partial charge on any atom is 0.409 e. The molecule has 0 aliphatic heterocycles. The number of nitro groups is 1. The second-order valence-corrected chi connectivity index (χ2v) is 3.04. The van der Waals surface area contributed by atoms with Gasteiger partial charge in [-0.05, 0) is 18.2 Å². The molecule has 0 saturated heterocycles. The molecule has 0 saturated carbocycles. The van der Waals surface area contributed by atoms with Crippen molar-refractivity contribution in [2.75, 3.05) is 0 Å². The Hall–Kier alpha value is -2.18. The minimum absolute atomic E-state index is 0.0453. The van der Waals surface area contributed by atoms with Crippen molar-refractivity contribution >= 4 is 11.5 Å². The van der Waals surface area contributed by atoms with Crippen molar-refractivity contribution in [3.63, 3.8) is 0 Å². The highest BCUT2D eigenvalue weighted by Gasteiger charge is 2.22. The summed E-state index contributed by atoms with van der Waals surface area (Å²) in [5, 5.41) is 10.3. The van der Waals surface area contributed by atoms with E-state index in [9.17, 15) is 28.1 Å². The van der Waals surface area contributed by atoms with Crippen LogP contribution in [0.15, 0.2) is 36.4 Å². The predicted octanol–water partition coefficient (Wildman–Crippen LogP) is 2.90. The molecule has 17 heavy (non-hydrogen) atoms. The molecule has 0 spiro atoms. The van der Waals surface area contributed by atoms with Crippen LogP contribution in [-0.2, 0) is 0 Å². The monoisotopic (exact) mass is 245 g/mol. The van der Waals surface area contributed by atoms with Gasteiger partial charge in [0, 0.05) is 23.8 Å². The van der Waals surface area contributed by atoms with Crippen LogP contribution in [0.1, 0.15) is 10.4 Å². The third kappa shape index (κ3) is 4.06. The van der Waals surface area contributed by atoms with Gasteiger partial charge in [-0.3, -0.25) is 14.9 Å². The number of hydrogen-bond acceptors (Lipinski definition) is 3. The number of nitro benzene ring substituents is 1. The quantitative estimate of drug-likeness (QED) is 0.356. The van der Waals surface area contributed by atoms with Crippen LogP contribution >= 0.6 is 0 Å². The van der Waals surface area contributed by atoms with Gasteiger partial charge in [-0.25, -0.2) is 0 Å². The smallest absolute Gasteiger partial charge is 0.289 e. The van der Waals surface area contributed by atoms with Crippen LogP contribution in [0.25, 0.3) is 0 Å². The highest BCUT2D eigenvalue weighted by Crippen LogP contribution is 2.17. The van der Waals surface area contributed by atoms with E-state index >= 15 is 0 Å². The SMILES string of the molecule is O=C(/C=C\C(F)(F)F)c1ccc([N+](=O)[O-])cc1. The molecule has 90 valence electrons. The van der Waals surface area contributed by atoms with Crippen molar-refractivity contribution in [1.82, 2.24) is 0 Å². The fraction of sp³-hybridized carbons (Fsp3) is 0.100. The van der Waals surface area contributed by atoms with Crippen LogP contribution in [0.4, 0.5) is 18.9 Å². The maximum atomic E-state index is 11.8. The molecular formula is C10H6F3NO3. The molecular weight excluding hydrogens is 239 g/mol. The summed E-state index contributed by atoms with van der Waals surface area (Å²) in [4.78, 5) is 20.8. The standard InChI is InChI=1S/C10H6F3NO3/c11-10(12,13)6-5-9(15)7-1-3-8(4-2-7)14(16)17/h1-6H/b6-5-. The first-order valence-electron chi connectivity index (χ1n) is 4.34. The van der Waals surface area contributed by atoms with Crippen LogP contribution in [0, 0.1) is 10.1 Å². The number of ketones is 1. The van der Waals surface area contributed by atoms with E-state index in [1.54, 1.807) is 0 Å². The first-order chi connectivity index (χ1) is 7.79. The lowest BCUT2D eigenvalue weighted by molar-refractivity contribution is -0.384. The minimum atomic E-state index is -4.56. The summed E-state index contributed by atoms with van der Waals surface area (Å²) in [6, 6.07) is 4.30. The van der Waals surface area contributed by atoms with Gasteiger partial charge in [0.1, 0.15) is 0 Å². The lowest BCUT2D eigenvalue weighted by Gasteiger charge is -1.98. The van der Waals surface area contributed by atoms with Crippen molar-refractivity contribution in [1.29, 1.82) is 0 Å². The number of allylic oxidation sites excluding steroid dienone is 2. The van der Waals surface area contributed by atoms with E-state index < -0.39 is 16.9 Å². The van der Waals surface area contributed by atoms with Crippen LogP contribution < -0.4 is 0 Å². The topological polar surface area (TPSA) is 60.2 Å². The average molecular weight is 245 g/mol. The Kier molecular flexibility index (Phi) is 3.62. The highest BCUT2D eigenvalue weighted by atomic mass is 19.4. The molecule has 1 aromatic carbocycles. The normalized spacial score (nSPS) is 11.7. The van der Waals surface area contributed by atoms with Gasteiger partial charge in [0.25, 0.3) is 5.69 Å². The average Bonchev–Trinajstić information content (AvgIpc) is 2.25. The molecule has 0 atom stereocenters. The molecule has 7 heteroatoms. The first-order valence-corrected chi connectivity index (χ1v) is 4.34. The van der Waals surface area contributed by atoms with Crippen molar-refractivity contribution in [2.45, 2.75) is 6.18 Å². The van der Waals surface area contributed by atoms with E-state index in [1.807, 2.05) is 0 Å². The Balaban J connectivity index is 2.84. The molecule has 0 radical (unpaired) electrons. The first kappa shape index (κ1) is 12.9. The predicted molar refractivity (Wildman–Crippen MR) is 52.6 cm³/mol. The van der Waals surface area contributed by atoms with Gasteiger partial charge in [-0.2, -0.15) is 13.2 Å². The zero-order valence-electron chi connectivity index (χ0n) is 8.27. The lowest BCUT2D eigenvalue weighted by atomic mass is 10.1. The second-order valence-electron chi connectivity index (χ2n) is 3.04. The van der Waals surface area contributed by atoms with Crippen molar-refractivity contribution in [2.24, 2.45) is 0 Å². The number of carbonyl (C=O) groups is 1. The van der Waals surface area contributed by atoms with E-state index in [1.165, 1.54) is 0 Å². The number of hydrogen-bond donors (Lipinski definition) is 0. The number of halogens is 3. The fourth-order valence-electron chi connectivity index (χ4n) is 1.01. The van der Waals surface area contributed by atoms with E-state index in [4.69, 9.17) is 0 Å². The van der Waals surface area contributed by atoms with Gasteiger partial charge >= 0.3 is 6.18 Å². The molecule has 0 amide bonds. The number of non-ortho nitro benzene ring substituents is 1. The highest BCUT2D eigenvalue weighted by molar-refractivity contribution is 6.04. The third-order valence-electron chi connectivity index (χ3n) is 1.79. The van der Waals surface area contributed by atoms with Crippen LogP contribution in [0.3, 0.4) is 0 Å². The molecule has 0 heterocycles. The largest absolute Gasteiger partial charge is 0.409 e. The summed E-state index contributed by atoms with van der Waals surface area (Å²) < 4.78 is 35.3. The van der Waals surface area contributed by atoms with Crippen LogP contribution in [0.5, 0.6) is 0 Å². The van der Waals surface area contributed by atoms with Crippen LogP contribution in [0.2, 0.25) is 0 Å². The van der Waals surface area contributed by atoms with Crippen molar-refractivity contribution in [3.05, 3.63) is 52.1 Å². The Morgan fingerprint density at radius 2 is 1.76 bits per heavy atom. The second kappa shape index (κ2) is 4.77. The number of benzene rings is 1. The van der Waals surface area contributed by atoms with Gasteiger partial charge in [0.15, 0.2) is 5.78 Å².